The van der Waals surface area contributed by atoms with Gasteiger partial charge < -0.3 is 0 Å². The van der Waals surface area contributed by atoms with E-state index in [1.165, 1.54) is 12.8 Å². The number of nitriles is 1. The van der Waals surface area contributed by atoms with E-state index in [1.807, 2.05) is 12.1 Å². The monoisotopic (exact) mass is 151 g/mol. The third kappa shape index (κ3) is 9.23. The maximum absolute atomic E-state index is 8.19. The van der Waals surface area contributed by atoms with Crippen LogP contribution in [0.15, 0.2) is 12.2 Å². The standard InChI is InChI=1S/C10H17N/c1-10(2,3)8-6-4-5-7-9-11/h5,7H,4,6,8H2,1-3H3/b7-5+. The van der Waals surface area contributed by atoms with Crippen LogP contribution in [-0.4, -0.2) is 0 Å². The molecular weight excluding hydrogens is 134 g/mol. The SMILES string of the molecule is CC(C)(C)CCC/C=C/C#N. The van der Waals surface area contributed by atoms with Crippen LogP contribution in [0.5, 0.6) is 0 Å². The minimum absolute atomic E-state index is 0.431. The second-order valence-electron chi connectivity index (χ2n) is 3.98. The molecule has 0 aromatic heterocycles. The average molecular weight is 151 g/mol. The highest BCUT2D eigenvalue weighted by atomic mass is 14.2. The average Bonchev–Trinajstić information content (AvgIpc) is 1.85. The molecule has 0 amide bonds. The maximum atomic E-state index is 8.19. The number of hydrogen-bond acceptors (Lipinski definition) is 1. The summed E-state index contributed by atoms with van der Waals surface area (Å²) in [6, 6.07) is 1.98. The van der Waals surface area contributed by atoms with Crippen molar-refractivity contribution in [2.45, 2.75) is 40.0 Å². The Morgan fingerprint density at radius 2 is 2.00 bits per heavy atom. The highest BCUT2D eigenvalue weighted by Gasteiger charge is 2.07. The molecule has 0 bridgehead atoms. The second-order valence-corrected chi connectivity index (χ2v) is 3.98. The topological polar surface area (TPSA) is 23.8 Å². The molecule has 62 valence electrons. The molecule has 0 spiro atoms. The van der Waals surface area contributed by atoms with Crippen LogP contribution in [0.4, 0.5) is 0 Å². The van der Waals surface area contributed by atoms with Gasteiger partial charge in [0, 0.05) is 6.08 Å². The first kappa shape index (κ1) is 10.2. The summed E-state index contributed by atoms with van der Waals surface area (Å²) in [6.07, 6.45) is 6.93. The summed E-state index contributed by atoms with van der Waals surface area (Å²) >= 11 is 0. The van der Waals surface area contributed by atoms with Crippen LogP contribution in [0, 0.1) is 16.7 Å². The fourth-order valence-electron chi connectivity index (χ4n) is 0.886. The normalized spacial score (nSPS) is 11.8. The van der Waals surface area contributed by atoms with E-state index >= 15 is 0 Å². The summed E-state index contributed by atoms with van der Waals surface area (Å²) in [7, 11) is 0. The minimum atomic E-state index is 0.431. The smallest absolute Gasteiger partial charge is 0.0908 e. The van der Waals surface area contributed by atoms with E-state index in [9.17, 15) is 0 Å². The lowest BCUT2D eigenvalue weighted by atomic mass is 9.90. The van der Waals surface area contributed by atoms with Gasteiger partial charge in [0.25, 0.3) is 0 Å². The van der Waals surface area contributed by atoms with E-state index in [1.54, 1.807) is 6.08 Å². The molecule has 0 aliphatic carbocycles. The highest BCUT2D eigenvalue weighted by molar-refractivity contribution is 5.01. The van der Waals surface area contributed by atoms with Crippen LogP contribution in [0.2, 0.25) is 0 Å². The highest BCUT2D eigenvalue weighted by Crippen LogP contribution is 2.21. The van der Waals surface area contributed by atoms with Gasteiger partial charge in [0.15, 0.2) is 0 Å². The molecule has 0 fully saturated rings. The fourth-order valence-corrected chi connectivity index (χ4v) is 0.886. The van der Waals surface area contributed by atoms with Crippen LogP contribution < -0.4 is 0 Å². The number of allylic oxidation sites excluding steroid dienone is 2. The van der Waals surface area contributed by atoms with Crippen LogP contribution in [0.1, 0.15) is 40.0 Å². The molecule has 0 atom stereocenters. The second kappa shape index (κ2) is 4.96. The summed E-state index contributed by atoms with van der Waals surface area (Å²) in [5, 5.41) is 8.19. The van der Waals surface area contributed by atoms with Crippen molar-refractivity contribution in [3.8, 4) is 6.07 Å². The Morgan fingerprint density at radius 1 is 1.36 bits per heavy atom. The van der Waals surface area contributed by atoms with Crippen LogP contribution in [-0.2, 0) is 0 Å². The molecule has 1 heteroatoms. The Balaban J connectivity index is 3.30. The third-order valence-electron chi connectivity index (χ3n) is 1.49. The molecule has 0 aromatic carbocycles. The quantitative estimate of drug-likeness (QED) is 0.448. The van der Waals surface area contributed by atoms with E-state index in [0.717, 1.165) is 6.42 Å². The lowest BCUT2D eigenvalue weighted by Gasteiger charge is -2.16. The zero-order valence-electron chi connectivity index (χ0n) is 7.72. The number of nitrogens with zero attached hydrogens (tertiary/aromatic N) is 1. The molecule has 0 aliphatic rings. The Labute approximate surface area is 69.7 Å². The zero-order valence-corrected chi connectivity index (χ0v) is 7.72. The summed E-state index contributed by atoms with van der Waals surface area (Å²) in [5.41, 5.74) is 0.431. The molecule has 0 aromatic rings. The van der Waals surface area contributed by atoms with Crippen molar-refractivity contribution in [2.75, 3.05) is 0 Å². The molecule has 11 heavy (non-hydrogen) atoms. The molecule has 0 unspecified atom stereocenters. The van der Waals surface area contributed by atoms with E-state index in [4.69, 9.17) is 5.26 Å². The van der Waals surface area contributed by atoms with Crippen molar-refractivity contribution < 1.29 is 0 Å². The summed E-state index contributed by atoms with van der Waals surface area (Å²) in [5.74, 6) is 0. The summed E-state index contributed by atoms with van der Waals surface area (Å²) in [6.45, 7) is 6.71. The molecule has 0 heterocycles. The zero-order chi connectivity index (χ0) is 8.74. The van der Waals surface area contributed by atoms with Gasteiger partial charge in [0.05, 0.1) is 6.07 Å². The van der Waals surface area contributed by atoms with Gasteiger partial charge in [-0.1, -0.05) is 26.8 Å². The molecule has 1 nitrogen and oxygen atoms in total. The van der Waals surface area contributed by atoms with Crippen molar-refractivity contribution in [1.82, 2.24) is 0 Å². The van der Waals surface area contributed by atoms with Gasteiger partial charge in [-0.25, -0.2) is 0 Å². The molecular formula is C10H17N. The van der Waals surface area contributed by atoms with E-state index in [-0.39, 0.29) is 0 Å². The van der Waals surface area contributed by atoms with Gasteiger partial charge in [-0.05, 0) is 24.7 Å². The van der Waals surface area contributed by atoms with Gasteiger partial charge in [0.1, 0.15) is 0 Å². The van der Waals surface area contributed by atoms with E-state index in [0.29, 0.717) is 5.41 Å². The van der Waals surface area contributed by atoms with E-state index < -0.39 is 0 Å². The molecule has 0 aliphatic heterocycles. The Morgan fingerprint density at radius 3 is 2.45 bits per heavy atom. The lowest BCUT2D eigenvalue weighted by Crippen LogP contribution is -2.03. The first-order chi connectivity index (χ1) is 5.06. The van der Waals surface area contributed by atoms with E-state index in [2.05, 4.69) is 20.8 Å². The largest absolute Gasteiger partial charge is 0.193 e. The van der Waals surface area contributed by atoms with Crippen molar-refractivity contribution in [3.63, 3.8) is 0 Å². The molecule has 0 rings (SSSR count). The molecule has 0 saturated carbocycles. The van der Waals surface area contributed by atoms with Gasteiger partial charge >= 0.3 is 0 Å². The van der Waals surface area contributed by atoms with Gasteiger partial charge in [-0.2, -0.15) is 5.26 Å². The first-order valence-electron chi connectivity index (χ1n) is 4.11. The number of rotatable bonds is 3. The summed E-state index contributed by atoms with van der Waals surface area (Å²) in [4.78, 5) is 0. The minimum Gasteiger partial charge on any atom is -0.193 e. The Bertz CT molecular complexity index is 155. The predicted molar refractivity (Wildman–Crippen MR) is 48.1 cm³/mol. The van der Waals surface area contributed by atoms with Crippen molar-refractivity contribution in [1.29, 1.82) is 5.26 Å². The van der Waals surface area contributed by atoms with Gasteiger partial charge in [-0.3, -0.25) is 0 Å². The summed E-state index contributed by atoms with van der Waals surface area (Å²) < 4.78 is 0. The fraction of sp³-hybridized carbons (Fsp3) is 0.700. The van der Waals surface area contributed by atoms with Gasteiger partial charge in [0.2, 0.25) is 0 Å². The Kier molecular flexibility index (Phi) is 4.61. The van der Waals surface area contributed by atoms with Gasteiger partial charge in [-0.15, -0.1) is 0 Å². The van der Waals surface area contributed by atoms with Crippen molar-refractivity contribution in [3.05, 3.63) is 12.2 Å². The predicted octanol–water partition coefficient (Wildman–Crippen LogP) is 3.28. The maximum Gasteiger partial charge on any atom is 0.0908 e. The molecule has 0 radical (unpaired) electrons. The van der Waals surface area contributed by atoms with Crippen molar-refractivity contribution in [2.24, 2.45) is 5.41 Å². The third-order valence-corrected chi connectivity index (χ3v) is 1.49. The Hall–Kier alpha value is -0.770. The van der Waals surface area contributed by atoms with Crippen LogP contribution in [0.3, 0.4) is 0 Å². The molecule has 0 N–H and O–H groups in total. The molecule has 0 saturated heterocycles. The van der Waals surface area contributed by atoms with Crippen LogP contribution >= 0.6 is 0 Å². The number of hydrogen-bond donors (Lipinski definition) is 0. The number of unbranched alkanes of at least 4 members (excludes halogenated alkanes) is 1. The first-order valence-corrected chi connectivity index (χ1v) is 4.11. The van der Waals surface area contributed by atoms with Crippen LogP contribution in [0.25, 0.3) is 0 Å². The van der Waals surface area contributed by atoms with Crippen molar-refractivity contribution >= 4 is 0 Å². The lowest BCUT2D eigenvalue weighted by molar-refractivity contribution is 0.367.